The fraction of sp³-hybridized carbons (Fsp3) is 0.294. The standard InChI is InChI=1S/C34H34ClN3OS/c1-20-8-6-7-9-30(20)40-19-23-15-26(22(3)14-21(23)2)31-27(18-36)33(37)38(25-12-10-24(35)11-13-25)28-16-34(4,5)17-29(39)32(28)31/h6-15,31H,16-17,19,37H2,1-5H3. The van der Waals surface area contributed by atoms with Crippen LogP contribution in [0, 0.1) is 37.5 Å². The third-order valence-electron chi connectivity index (χ3n) is 7.98. The van der Waals surface area contributed by atoms with Crippen LogP contribution in [0.2, 0.25) is 5.02 Å². The smallest absolute Gasteiger partial charge is 0.162 e. The molecule has 0 aromatic heterocycles. The van der Waals surface area contributed by atoms with Crippen LogP contribution in [-0.2, 0) is 10.5 Å². The summed E-state index contributed by atoms with van der Waals surface area (Å²) in [5, 5.41) is 11.1. The predicted octanol–water partition coefficient (Wildman–Crippen LogP) is 8.50. The number of halogens is 1. The van der Waals surface area contributed by atoms with Gasteiger partial charge < -0.3 is 5.73 Å². The lowest BCUT2D eigenvalue weighted by Gasteiger charge is -2.44. The Morgan fingerprint density at radius 2 is 1.73 bits per heavy atom. The molecule has 2 aliphatic rings. The molecule has 1 aliphatic heterocycles. The second kappa shape index (κ2) is 10.8. The van der Waals surface area contributed by atoms with E-state index in [4.69, 9.17) is 17.3 Å². The van der Waals surface area contributed by atoms with Crippen LogP contribution in [0.4, 0.5) is 5.69 Å². The van der Waals surface area contributed by atoms with Gasteiger partial charge in [0.05, 0.1) is 17.6 Å². The molecule has 1 aliphatic carbocycles. The van der Waals surface area contributed by atoms with E-state index >= 15 is 0 Å². The first kappa shape index (κ1) is 28.1. The van der Waals surface area contributed by atoms with Gasteiger partial charge in [-0.1, -0.05) is 55.8 Å². The van der Waals surface area contributed by atoms with E-state index in [1.165, 1.54) is 21.6 Å². The quantitative estimate of drug-likeness (QED) is 0.313. The largest absolute Gasteiger partial charge is 0.384 e. The van der Waals surface area contributed by atoms with E-state index in [0.717, 1.165) is 28.3 Å². The first-order valence-electron chi connectivity index (χ1n) is 13.5. The number of ketones is 1. The third kappa shape index (κ3) is 5.19. The molecule has 0 amide bonds. The van der Waals surface area contributed by atoms with Crippen LogP contribution in [0.3, 0.4) is 0 Å². The van der Waals surface area contributed by atoms with Crippen molar-refractivity contribution in [2.75, 3.05) is 4.90 Å². The minimum Gasteiger partial charge on any atom is -0.384 e. The molecule has 1 atom stereocenters. The number of nitriles is 1. The third-order valence-corrected chi connectivity index (χ3v) is 9.45. The fourth-order valence-electron chi connectivity index (χ4n) is 5.96. The Bertz CT molecular complexity index is 1610. The maximum Gasteiger partial charge on any atom is 0.162 e. The minimum absolute atomic E-state index is 0.0753. The summed E-state index contributed by atoms with van der Waals surface area (Å²) in [7, 11) is 0. The van der Waals surface area contributed by atoms with Crippen LogP contribution in [0.1, 0.15) is 60.4 Å². The number of nitrogens with zero attached hydrogens (tertiary/aromatic N) is 2. The van der Waals surface area contributed by atoms with Crippen LogP contribution >= 0.6 is 23.4 Å². The Morgan fingerprint density at radius 1 is 1.02 bits per heavy atom. The van der Waals surface area contributed by atoms with Crippen molar-refractivity contribution in [3.8, 4) is 6.07 Å². The van der Waals surface area contributed by atoms with Crippen molar-refractivity contribution in [1.82, 2.24) is 0 Å². The Morgan fingerprint density at radius 3 is 2.40 bits per heavy atom. The van der Waals surface area contributed by atoms with E-state index in [0.29, 0.717) is 34.8 Å². The summed E-state index contributed by atoms with van der Waals surface area (Å²) in [5.41, 5.74) is 15.0. The van der Waals surface area contributed by atoms with Gasteiger partial charge in [-0.15, -0.1) is 11.8 Å². The highest BCUT2D eigenvalue weighted by Crippen LogP contribution is 2.51. The van der Waals surface area contributed by atoms with Gasteiger partial charge >= 0.3 is 0 Å². The normalized spacial score (nSPS) is 18.6. The first-order chi connectivity index (χ1) is 19.0. The summed E-state index contributed by atoms with van der Waals surface area (Å²) in [4.78, 5) is 17.1. The highest BCUT2D eigenvalue weighted by molar-refractivity contribution is 7.98. The summed E-state index contributed by atoms with van der Waals surface area (Å²) in [5.74, 6) is 0.734. The number of rotatable bonds is 5. The zero-order valence-electron chi connectivity index (χ0n) is 23.6. The maximum atomic E-state index is 14.0. The van der Waals surface area contributed by atoms with E-state index in [1.807, 2.05) is 17.0 Å². The molecular formula is C34H34ClN3OS. The topological polar surface area (TPSA) is 70.1 Å². The van der Waals surface area contributed by atoms with Gasteiger partial charge in [-0.3, -0.25) is 9.69 Å². The van der Waals surface area contributed by atoms with Gasteiger partial charge in [-0.05, 0) is 90.8 Å². The van der Waals surface area contributed by atoms with Crippen LogP contribution in [-0.4, -0.2) is 5.78 Å². The summed E-state index contributed by atoms with van der Waals surface area (Å²) in [6, 6.07) is 22.6. The molecule has 40 heavy (non-hydrogen) atoms. The Kier molecular flexibility index (Phi) is 7.61. The van der Waals surface area contributed by atoms with Crippen LogP contribution in [0.15, 0.2) is 88.2 Å². The van der Waals surface area contributed by atoms with E-state index in [-0.39, 0.29) is 11.2 Å². The van der Waals surface area contributed by atoms with Crippen LogP contribution in [0.5, 0.6) is 0 Å². The van der Waals surface area contributed by atoms with Gasteiger partial charge in [0.2, 0.25) is 0 Å². The monoisotopic (exact) mass is 567 g/mol. The average molecular weight is 568 g/mol. The van der Waals surface area contributed by atoms with E-state index in [9.17, 15) is 10.1 Å². The number of carbonyl (C=O) groups is 1. The first-order valence-corrected chi connectivity index (χ1v) is 14.9. The number of Topliss-reactive ketones (excluding diaryl/α,β-unsaturated/α-hetero) is 1. The molecule has 1 heterocycles. The summed E-state index contributed by atoms with van der Waals surface area (Å²) in [6.07, 6.45) is 1.10. The van der Waals surface area contributed by atoms with Crippen molar-refractivity contribution in [2.24, 2.45) is 11.1 Å². The number of benzene rings is 3. The zero-order valence-corrected chi connectivity index (χ0v) is 25.2. The second-order valence-electron chi connectivity index (χ2n) is 11.6. The van der Waals surface area contributed by atoms with Gasteiger partial charge in [0, 0.05) is 39.0 Å². The molecule has 0 fully saturated rings. The van der Waals surface area contributed by atoms with Crippen molar-refractivity contribution < 1.29 is 4.79 Å². The van der Waals surface area contributed by atoms with Crippen molar-refractivity contribution in [1.29, 1.82) is 5.26 Å². The number of carbonyl (C=O) groups excluding carboxylic acids is 1. The van der Waals surface area contributed by atoms with Gasteiger partial charge in [-0.25, -0.2) is 0 Å². The summed E-state index contributed by atoms with van der Waals surface area (Å²) >= 11 is 7.99. The Hall–Kier alpha value is -3.46. The van der Waals surface area contributed by atoms with Crippen LogP contribution in [0.25, 0.3) is 0 Å². The van der Waals surface area contributed by atoms with Gasteiger partial charge in [0.1, 0.15) is 5.82 Å². The molecule has 0 radical (unpaired) electrons. The molecule has 0 saturated heterocycles. The molecule has 0 bridgehead atoms. The molecule has 0 spiro atoms. The number of allylic oxidation sites excluding steroid dienone is 3. The van der Waals surface area contributed by atoms with E-state index < -0.39 is 5.92 Å². The predicted molar refractivity (Wildman–Crippen MR) is 165 cm³/mol. The Balaban J connectivity index is 1.66. The number of hydrogen-bond donors (Lipinski definition) is 1. The lowest BCUT2D eigenvalue weighted by atomic mass is 9.68. The SMILES string of the molecule is Cc1cc(C)c(C2C(C#N)=C(N)N(c3ccc(Cl)cc3)C3=C2C(=O)CC(C)(C)C3)cc1CSc1ccccc1C. The number of thioether (sulfide) groups is 1. The fourth-order valence-corrected chi connectivity index (χ4v) is 7.18. The molecule has 4 nitrogen and oxygen atoms in total. The number of anilines is 1. The molecule has 2 N–H and O–H groups in total. The van der Waals surface area contributed by atoms with Gasteiger partial charge in [0.15, 0.2) is 5.78 Å². The Labute approximate surface area is 246 Å². The lowest BCUT2D eigenvalue weighted by Crippen LogP contribution is -2.42. The maximum absolute atomic E-state index is 14.0. The van der Waals surface area contributed by atoms with Crippen molar-refractivity contribution in [2.45, 2.75) is 64.0 Å². The molecule has 3 aromatic rings. The second-order valence-corrected chi connectivity index (χ2v) is 13.1. The molecule has 204 valence electrons. The summed E-state index contributed by atoms with van der Waals surface area (Å²) < 4.78 is 0. The number of hydrogen-bond acceptors (Lipinski definition) is 5. The highest BCUT2D eigenvalue weighted by atomic mass is 35.5. The molecule has 0 saturated carbocycles. The van der Waals surface area contributed by atoms with Crippen molar-refractivity contribution >= 4 is 34.8 Å². The van der Waals surface area contributed by atoms with Crippen LogP contribution < -0.4 is 10.6 Å². The molecule has 5 rings (SSSR count). The number of aryl methyl sites for hydroxylation is 3. The average Bonchev–Trinajstić information content (AvgIpc) is 2.89. The van der Waals surface area contributed by atoms with Gasteiger partial charge in [0.25, 0.3) is 0 Å². The van der Waals surface area contributed by atoms with Crippen molar-refractivity contribution in [3.63, 3.8) is 0 Å². The molecule has 3 aromatic carbocycles. The highest BCUT2D eigenvalue weighted by Gasteiger charge is 2.45. The van der Waals surface area contributed by atoms with Crippen molar-refractivity contribution in [3.05, 3.63) is 116 Å². The minimum atomic E-state index is -0.505. The van der Waals surface area contributed by atoms with Gasteiger partial charge in [-0.2, -0.15) is 5.26 Å². The zero-order chi connectivity index (χ0) is 28.8. The molecular weight excluding hydrogens is 534 g/mol. The number of nitrogens with two attached hydrogens (primary N) is 1. The lowest BCUT2D eigenvalue weighted by molar-refractivity contribution is -0.118. The molecule has 1 unspecified atom stereocenters. The van der Waals surface area contributed by atoms with E-state index in [2.05, 4.69) is 77.1 Å². The molecule has 6 heteroatoms. The summed E-state index contributed by atoms with van der Waals surface area (Å²) in [6.45, 7) is 10.5. The van der Waals surface area contributed by atoms with E-state index in [1.54, 1.807) is 23.9 Å².